The molecule has 1 fully saturated rings. The molecular formula is C34H46N6O6. The molecule has 12 heteroatoms. The Balaban J connectivity index is 0.00000576. The summed E-state index contributed by atoms with van der Waals surface area (Å²) < 4.78 is 12.6. The summed E-state index contributed by atoms with van der Waals surface area (Å²) in [6.45, 7) is 6.19. The van der Waals surface area contributed by atoms with Gasteiger partial charge in [0.1, 0.15) is 12.1 Å². The Hall–Kier alpha value is -4.55. The summed E-state index contributed by atoms with van der Waals surface area (Å²) in [4.78, 5) is 58.2. The van der Waals surface area contributed by atoms with Crippen molar-refractivity contribution < 1.29 is 28.7 Å². The maximum atomic E-state index is 13.9. The van der Waals surface area contributed by atoms with E-state index in [4.69, 9.17) is 15.2 Å². The fourth-order valence-corrected chi connectivity index (χ4v) is 5.00. The normalized spacial score (nSPS) is 14.8. The molecule has 3 amide bonds. The van der Waals surface area contributed by atoms with E-state index in [9.17, 15) is 19.2 Å². The van der Waals surface area contributed by atoms with Crippen molar-refractivity contribution in [2.45, 2.75) is 65.3 Å². The van der Waals surface area contributed by atoms with E-state index in [-0.39, 0.29) is 44.3 Å². The molecule has 2 heterocycles. The van der Waals surface area contributed by atoms with Crippen molar-refractivity contribution in [2.24, 2.45) is 11.7 Å². The van der Waals surface area contributed by atoms with Crippen LogP contribution in [0.1, 0.15) is 58.2 Å². The number of carbonyl (C=O) groups is 4. The van der Waals surface area contributed by atoms with Gasteiger partial charge in [-0.2, -0.15) is 0 Å². The number of hydrogen-bond donors (Lipinski definition) is 3. The molecule has 0 bridgehead atoms. The van der Waals surface area contributed by atoms with Crippen LogP contribution in [-0.2, 0) is 35.3 Å². The Morgan fingerprint density at radius 1 is 1.02 bits per heavy atom. The number of ether oxygens (including phenoxy) is 2. The summed E-state index contributed by atoms with van der Waals surface area (Å²) in [5, 5.41) is 5.41. The Morgan fingerprint density at radius 3 is 2.26 bits per heavy atom. The number of benzene rings is 2. The lowest BCUT2D eigenvalue weighted by Gasteiger charge is -2.33. The summed E-state index contributed by atoms with van der Waals surface area (Å²) in [6.07, 6.45) is 4.11. The number of nitrogens with one attached hydrogen (secondary N) is 2. The van der Waals surface area contributed by atoms with Gasteiger partial charge in [0.25, 0.3) is 5.91 Å². The first kappa shape index (κ1) is 35.9. The molecular weight excluding hydrogens is 588 g/mol. The van der Waals surface area contributed by atoms with Crippen LogP contribution in [0.2, 0.25) is 0 Å². The quantitative estimate of drug-likeness (QED) is 0.242. The largest absolute Gasteiger partial charge is 0.466 e. The molecule has 4 N–H and O–H groups in total. The molecule has 0 spiro atoms. The Labute approximate surface area is 270 Å². The SMILES string of the molecule is C.CCOC(=O)C1CCN(C(=O)C(c2ccccc2)n2cnc(NC(=O)[C@@H](COCc3ccccc3)NC(=O)C(C)(C)N)c2)CC1. The fraction of sp³-hybridized carbons (Fsp3) is 0.441. The lowest BCUT2D eigenvalue weighted by Crippen LogP contribution is -2.56. The molecule has 1 unspecified atom stereocenters. The van der Waals surface area contributed by atoms with Gasteiger partial charge < -0.3 is 35.3 Å². The minimum Gasteiger partial charge on any atom is -0.466 e. The van der Waals surface area contributed by atoms with Crippen molar-refractivity contribution in [2.75, 3.05) is 31.6 Å². The summed E-state index contributed by atoms with van der Waals surface area (Å²) in [5.41, 5.74) is 6.41. The first-order chi connectivity index (χ1) is 21.6. The predicted molar refractivity (Wildman–Crippen MR) is 174 cm³/mol. The Bertz CT molecular complexity index is 1430. The van der Waals surface area contributed by atoms with Gasteiger partial charge in [0, 0.05) is 19.3 Å². The van der Waals surface area contributed by atoms with Crippen molar-refractivity contribution >= 4 is 29.5 Å². The van der Waals surface area contributed by atoms with Crippen LogP contribution in [0.5, 0.6) is 0 Å². The lowest BCUT2D eigenvalue weighted by molar-refractivity contribution is -0.151. The van der Waals surface area contributed by atoms with E-state index in [2.05, 4.69) is 15.6 Å². The number of anilines is 1. The molecule has 4 rings (SSSR count). The molecule has 1 aliphatic rings. The number of piperidine rings is 1. The zero-order valence-electron chi connectivity index (χ0n) is 26.0. The van der Waals surface area contributed by atoms with Crippen LogP contribution < -0.4 is 16.4 Å². The summed E-state index contributed by atoms with van der Waals surface area (Å²) >= 11 is 0. The van der Waals surface area contributed by atoms with Gasteiger partial charge >= 0.3 is 5.97 Å². The number of aromatic nitrogens is 2. The average molecular weight is 635 g/mol. The van der Waals surface area contributed by atoms with Crippen LogP contribution >= 0.6 is 0 Å². The van der Waals surface area contributed by atoms with Crippen molar-refractivity contribution in [3.63, 3.8) is 0 Å². The third-order valence-electron chi connectivity index (χ3n) is 7.53. The van der Waals surface area contributed by atoms with E-state index >= 15 is 0 Å². The second kappa shape index (κ2) is 16.7. The monoisotopic (exact) mass is 634 g/mol. The number of nitrogens with zero attached hydrogens (tertiary/aromatic N) is 3. The molecule has 1 aliphatic heterocycles. The number of nitrogens with two attached hydrogens (primary N) is 1. The highest BCUT2D eigenvalue weighted by molar-refractivity contribution is 5.98. The first-order valence-corrected chi connectivity index (χ1v) is 15.1. The number of amides is 3. The number of imidazole rings is 1. The smallest absolute Gasteiger partial charge is 0.309 e. The number of esters is 1. The minimum atomic E-state index is -1.21. The third-order valence-corrected chi connectivity index (χ3v) is 7.53. The third kappa shape index (κ3) is 9.72. The Morgan fingerprint density at radius 2 is 1.65 bits per heavy atom. The van der Waals surface area contributed by atoms with Gasteiger partial charge in [0.15, 0.2) is 5.82 Å². The Kier molecular flexibility index (Phi) is 13.0. The molecule has 12 nitrogen and oxygen atoms in total. The number of rotatable bonds is 13. The standard InChI is InChI=1S/C33H42N6O6.CH4/c1-4-45-31(42)25-15-17-38(18-16-25)30(41)28(24-13-9-6-10-14-24)39-19-27(35-22-39)37-29(40)26(36-32(43)33(2,3)34)21-44-20-23-11-7-5-8-12-23;/h5-14,19,22,25-26,28H,4,15-18,20-21,34H2,1-3H3,(H,36,43)(H,37,40);1H4/t26-,28?;/m1./s1. The number of carbonyl (C=O) groups excluding carboxylic acids is 4. The number of likely N-dealkylation sites (tertiary alicyclic amines) is 1. The molecule has 0 saturated carbocycles. The molecule has 1 aromatic heterocycles. The van der Waals surface area contributed by atoms with E-state index in [1.807, 2.05) is 60.7 Å². The van der Waals surface area contributed by atoms with Gasteiger partial charge in [-0.25, -0.2) is 4.98 Å². The van der Waals surface area contributed by atoms with E-state index < -0.39 is 29.4 Å². The first-order valence-electron chi connectivity index (χ1n) is 15.1. The van der Waals surface area contributed by atoms with Crippen LogP contribution in [0.3, 0.4) is 0 Å². The van der Waals surface area contributed by atoms with Gasteiger partial charge in [0.05, 0.1) is 37.6 Å². The second-order valence-electron chi connectivity index (χ2n) is 11.6. The molecule has 2 aromatic carbocycles. The van der Waals surface area contributed by atoms with E-state index in [0.717, 1.165) is 11.1 Å². The second-order valence-corrected chi connectivity index (χ2v) is 11.6. The highest BCUT2D eigenvalue weighted by atomic mass is 16.5. The van der Waals surface area contributed by atoms with Gasteiger partial charge in [0.2, 0.25) is 11.8 Å². The van der Waals surface area contributed by atoms with E-state index in [1.165, 1.54) is 6.33 Å². The highest BCUT2D eigenvalue weighted by Crippen LogP contribution is 2.26. The van der Waals surface area contributed by atoms with Crippen LogP contribution in [0.15, 0.2) is 73.2 Å². The summed E-state index contributed by atoms with van der Waals surface area (Å²) in [5.74, 6) is -1.47. The molecule has 1 saturated heterocycles. The maximum Gasteiger partial charge on any atom is 0.309 e. The highest BCUT2D eigenvalue weighted by Gasteiger charge is 2.34. The van der Waals surface area contributed by atoms with E-state index in [0.29, 0.717) is 32.5 Å². The molecule has 0 radical (unpaired) electrons. The van der Waals surface area contributed by atoms with Crippen molar-refractivity contribution in [3.8, 4) is 0 Å². The van der Waals surface area contributed by atoms with Crippen LogP contribution in [0.25, 0.3) is 0 Å². The minimum absolute atomic E-state index is 0. The van der Waals surface area contributed by atoms with Crippen LogP contribution in [-0.4, -0.2) is 76.0 Å². The van der Waals surface area contributed by atoms with Gasteiger partial charge in [-0.05, 0) is 44.7 Å². The predicted octanol–water partition coefficient (Wildman–Crippen LogP) is 3.29. The molecule has 0 aliphatic carbocycles. The maximum absolute atomic E-state index is 13.9. The van der Waals surface area contributed by atoms with E-state index in [1.54, 1.807) is 36.4 Å². The van der Waals surface area contributed by atoms with Gasteiger partial charge in [-0.15, -0.1) is 0 Å². The van der Waals surface area contributed by atoms with Gasteiger partial charge in [-0.3, -0.25) is 19.2 Å². The van der Waals surface area contributed by atoms with Crippen LogP contribution in [0.4, 0.5) is 5.82 Å². The molecule has 2 atom stereocenters. The number of hydrogen-bond acceptors (Lipinski definition) is 8. The summed E-state index contributed by atoms with van der Waals surface area (Å²) in [7, 11) is 0. The van der Waals surface area contributed by atoms with Crippen LogP contribution in [0, 0.1) is 5.92 Å². The zero-order valence-corrected chi connectivity index (χ0v) is 26.0. The average Bonchev–Trinajstić information content (AvgIpc) is 3.48. The van der Waals surface area contributed by atoms with Crippen molar-refractivity contribution in [1.82, 2.24) is 19.8 Å². The molecule has 3 aromatic rings. The fourth-order valence-electron chi connectivity index (χ4n) is 5.00. The molecule has 46 heavy (non-hydrogen) atoms. The van der Waals surface area contributed by atoms with Gasteiger partial charge in [-0.1, -0.05) is 68.1 Å². The zero-order chi connectivity index (χ0) is 32.4. The van der Waals surface area contributed by atoms with Crippen molar-refractivity contribution in [3.05, 3.63) is 84.3 Å². The van der Waals surface area contributed by atoms with Crippen molar-refractivity contribution in [1.29, 1.82) is 0 Å². The summed E-state index contributed by atoms with van der Waals surface area (Å²) in [6, 6.07) is 17.0. The lowest BCUT2D eigenvalue weighted by atomic mass is 9.95. The molecule has 248 valence electrons. The topological polar surface area (TPSA) is 158 Å².